The summed E-state index contributed by atoms with van der Waals surface area (Å²) in [6, 6.07) is 8.68. The van der Waals surface area contributed by atoms with Gasteiger partial charge in [-0.1, -0.05) is 19.9 Å². The third-order valence-corrected chi connectivity index (χ3v) is 4.85. The molecule has 3 rings (SSSR count). The molecule has 5 heteroatoms. The molecule has 0 amide bonds. The number of hydrogen-bond donors (Lipinski definition) is 1. The molecule has 0 radical (unpaired) electrons. The van der Waals surface area contributed by atoms with Gasteiger partial charge in [0, 0.05) is 29.7 Å². The summed E-state index contributed by atoms with van der Waals surface area (Å²) in [6.45, 7) is 4.29. The Morgan fingerprint density at radius 2 is 2.00 bits per heavy atom. The topological polar surface area (TPSA) is 41.6 Å². The number of aromatic amines is 1. The molecule has 0 aliphatic heterocycles. The van der Waals surface area contributed by atoms with Crippen molar-refractivity contribution in [1.82, 2.24) is 15.0 Å². The van der Waals surface area contributed by atoms with E-state index in [0.717, 1.165) is 16.3 Å². The van der Waals surface area contributed by atoms with Gasteiger partial charge >= 0.3 is 0 Å². The number of H-pyrrole nitrogens is 1. The Bertz CT molecular complexity index is 771. The first-order valence-electron chi connectivity index (χ1n) is 7.50. The van der Waals surface area contributed by atoms with Crippen molar-refractivity contribution in [3.05, 3.63) is 77.9 Å². The van der Waals surface area contributed by atoms with Gasteiger partial charge in [-0.3, -0.25) is 4.98 Å². The Labute approximate surface area is 139 Å². The Morgan fingerprint density at radius 3 is 2.70 bits per heavy atom. The number of aromatic nitrogens is 3. The maximum atomic E-state index is 13.5. The van der Waals surface area contributed by atoms with Gasteiger partial charge in [0.2, 0.25) is 0 Å². The van der Waals surface area contributed by atoms with Crippen molar-refractivity contribution in [1.29, 1.82) is 0 Å². The predicted molar refractivity (Wildman–Crippen MR) is 91.0 cm³/mol. The van der Waals surface area contributed by atoms with E-state index in [1.165, 1.54) is 11.6 Å². The van der Waals surface area contributed by atoms with Crippen LogP contribution in [0.4, 0.5) is 4.39 Å². The normalized spacial score (nSPS) is 12.5. The Balaban J connectivity index is 2.04. The van der Waals surface area contributed by atoms with E-state index in [0.29, 0.717) is 5.92 Å². The summed E-state index contributed by atoms with van der Waals surface area (Å²) in [5.74, 6) is 0.976. The van der Waals surface area contributed by atoms with Crippen LogP contribution in [0.2, 0.25) is 0 Å². The summed E-state index contributed by atoms with van der Waals surface area (Å²) in [4.78, 5) is 12.7. The SMILES string of the molecule is CC(C)c1cnccc1C(Sc1cccc(F)c1)c1ncc[nH]1. The third-order valence-electron chi connectivity index (χ3n) is 3.61. The fourth-order valence-corrected chi connectivity index (χ4v) is 3.69. The molecule has 3 aromatic rings. The number of imidazole rings is 1. The van der Waals surface area contributed by atoms with Gasteiger partial charge in [0.15, 0.2) is 0 Å². The standard InChI is InChI=1S/C18H18FN3S/c1-12(2)16-11-20-7-6-15(16)17(18-21-8-9-22-18)23-14-5-3-4-13(19)10-14/h3-12,17H,1-2H3,(H,21,22). The number of nitrogens with zero attached hydrogens (tertiary/aromatic N) is 2. The number of benzene rings is 1. The highest BCUT2D eigenvalue weighted by Gasteiger charge is 2.22. The highest BCUT2D eigenvalue weighted by Crippen LogP contribution is 2.41. The zero-order chi connectivity index (χ0) is 16.2. The van der Waals surface area contributed by atoms with Crippen LogP contribution in [0.3, 0.4) is 0 Å². The third kappa shape index (κ3) is 3.62. The smallest absolute Gasteiger partial charge is 0.124 e. The predicted octanol–water partition coefficient (Wildman–Crippen LogP) is 4.95. The summed E-state index contributed by atoms with van der Waals surface area (Å²) in [5.41, 5.74) is 2.33. The summed E-state index contributed by atoms with van der Waals surface area (Å²) in [6.07, 6.45) is 7.25. The molecule has 0 aliphatic rings. The molecule has 118 valence electrons. The first kappa shape index (κ1) is 15.7. The molecule has 0 spiro atoms. The molecule has 0 saturated heterocycles. The second kappa shape index (κ2) is 6.96. The lowest BCUT2D eigenvalue weighted by Crippen LogP contribution is -2.05. The highest BCUT2D eigenvalue weighted by atomic mass is 32.2. The molecule has 0 aliphatic carbocycles. The second-order valence-electron chi connectivity index (χ2n) is 5.59. The van der Waals surface area contributed by atoms with E-state index in [1.807, 2.05) is 24.5 Å². The Kier molecular flexibility index (Phi) is 4.76. The molecule has 1 atom stereocenters. The number of rotatable bonds is 5. The molecule has 2 heterocycles. The van der Waals surface area contributed by atoms with E-state index in [4.69, 9.17) is 0 Å². The first-order chi connectivity index (χ1) is 11.1. The van der Waals surface area contributed by atoms with E-state index >= 15 is 0 Å². The van der Waals surface area contributed by atoms with Crippen molar-refractivity contribution in [2.75, 3.05) is 0 Å². The quantitative estimate of drug-likeness (QED) is 0.674. The summed E-state index contributed by atoms with van der Waals surface area (Å²) in [5, 5.41) is -0.0350. The number of nitrogens with one attached hydrogen (secondary N) is 1. The Morgan fingerprint density at radius 1 is 1.13 bits per heavy atom. The van der Waals surface area contributed by atoms with Crippen molar-refractivity contribution in [2.24, 2.45) is 0 Å². The van der Waals surface area contributed by atoms with E-state index < -0.39 is 0 Å². The number of halogens is 1. The summed E-state index contributed by atoms with van der Waals surface area (Å²) >= 11 is 1.58. The van der Waals surface area contributed by atoms with E-state index in [-0.39, 0.29) is 11.1 Å². The van der Waals surface area contributed by atoms with Crippen molar-refractivity contribution in [3.63, 3.8) is 0 Å². The average Bonchev–Trinajstić information content (AvgIpc) is 3.07. The monoisotopic (exact) mass is 327 g/mol. The van der Waals surface area contributed by atoms with Gasteiger partial charge in [0.05, 0.1) is 5.25 Å². The fourth-order valence-electron chi connectivity index (χ4n) is 2.50. The molecule has 1 aromatic carbocycles. The number of thioether (sulfide) groups is 1. The van der Waals surface area contributed by atoms with Crippen LogP contribution in [0, 0.1) is 5.82 Å². The van der Waals surface area contributed by atoms with Gasteiger partial charge in [-0.2, -0.15) is 0 Å². The molecular weight excluding hydrogens is 309 g/mol. The molecular formula is C18H18FN3S. The molecule has 0 saturated carbocycles. The van der Waals surface area contributed by atoms with Crippen molar-refractivity contribution < 1.29 is 4.39 Å². The molecule has 23 heavy (non-hydrogen) atoms. The zero-order valence-electron chi connectivity index (χ0n) is 13.0. The van der Waals surface area contributed by atoms with Crippen LogP contribution >= 0.6 is 11.8 Å². The maximum Gasteiger partial charge on any atom is 0.124 e. The van der Waals surface area contributed by atoms with Crippen LogP contribution < -0.4 is 0 Å². The summed E-state index contributed by atoms with van der Waals surface area (Å²) < 4.78 is 13.5. The lowest BCUT2D eigenvalue weighted by molar-refractivity contribution is 0.624. The van der Waals surface area contributed by atoms with E-state index in [1.54, 1.807) is 36.3 Å². The van der Waals surface area contributed by atoms with Gasteiger partial charge in [-0.15, -0.1) is 11.8 Å². The molecule has 2 aromatic heterocycles. The highest BCUT2D eigenvalue weighted by molar-refractivity contribution is 7.99. The summed E-state index contributed by atoms with van der Waals surface area (Å²) in [7, 11) is 0. The minimum Gasteiger partial charge on any atom is -0.347 e. The van der Waals surface area contributed by atoms with Gasteiger partial charge < -0.3 is 4.98 Å². The van der Waals surface area contributed by atoms with Crippen LogP contribution in [0.15, 0.2) is 60.0 Å². The van der Waals surface area contributed by atoms with Crippen LogP contribution in [-0.2, 0) is 0 Å². The van der Waals surface area contributed by atoms with E-state index in [2.05, 4.69) is 28.8 Å². The van der Waals surface area contributed by atoms with Crippen molar-refractivity contribution >= 4 is 11.8 Å². The molecule has 0 fully saturated rings. The van der Waals surface area contributed by atoms with E-state index in [9.17, 15) is 4.39 Å². The number of pyridine rings is 1. The molecule has 1 unspecified atom stereocenters. The number of hydrogen-bond acceptors (Lipinski definition) is 3. The van der Waals surface area contributed by atoms with Crippen LogP contribution in [-0.4, -0.2) is 15.0 Å². The molecule has 1 N–H and O–H groups in total. The van der Waals surface area contributed by atoms with Gasteiger partial charge in [-0.05, 0) is 41.3 Å². The Hall–Kier alpha value is -2.14. The zero-order valence-corrected chi connectivity index (χ0v) is 13.8. The van der Waals surface area contributed by atoms with Gasteiger partial charge in [-0.25, -0.2) is 9.37 Å². The van der Waals surface area contributed by atoms with Crippen LogP contribution in [0.1, 0.15) is 42.0 Å². The van der Waals surface area contributed by atoms with Gasteiger partial charge in [0.1, 0.15) is 11.6 Å². The van der Waals surface area contributed by atoms with Crippen LogP contribution in [0.25, 0.3) is 0 Å². The second-order valence-corrected chi connectivity index (χ2v) is 6.77. The maximum absolute atomic E-state index is 13.5. The minimum absolute atomic E-state index is 0.0350. The molecule has 0 bridgehead atoms. The lowest BCUT2D eigenvalue weighted by atomic mass is 9.97. The van der Waals surface area contributed by atoms with Crippen molar-refractivity contribution in [2.45, 2.75) is 29.9 Å². The largest absolute Gasteiger partial charge is 0.347 e. The van der Waals surface area contributed by atoms with Gasteiger partial charge in [0.25, 0.3) is 0 Å². The first-order valence-corrected chi connectivity index (χ1v) is 8.38. The fraction of sp³-hybridized carbons (Fsp3) is 0.222. The van der Waals surface area contributed by atoms with Crippen molar-refractivity contribution in [3.8, 4) is 0 Å². The van der Waals surface area contributed by atoms with Crippen LogP contribution in [0.5, 0.6) is 0 Å². The minimum atomic E-state index is -0.230. The average molecular weight is 327 g/mol. The molecule has 3 nitrogen and oxygen atoms in total. The lowest BCUT2D eigenvalue weighted by Gasteiger charge is -2.20.